The van der Waals surface area contributed by atoms with Crippen LogP contribution in [0.15, 0.2) is 27.8 Å². The second-order valence-electron chi connectivity index (χ2n) is 4.78. The summed E-state index contributed by atoms with van der Waals surface area (Å²) in [5.41, 5.74) is -0.399. The minimum Gasteiger partial charge on any atom is -0.297 e. The zero-order valence-electron chi connectivity index (χ0n) is 10.3. The number of rotatable bonds is 6. The van der Waals surface area contributed by atoms with Crippen molar-refractivity contribution in [2.45, 2.75) is 42.8 Å². The normalized spacial score (nSPS) is 18.1. The summed E-state index contributed by atoms with van der Waals surface area (Å²) in [6.45, 7) is 1.99. The molecule has 1 atom stereocenters. The van der Waals surface area contributed by atoms with Crippen molar-refractivity contribution in [1.82, 2.24) is 10.3 Å². The van der Waals surface area contributed by atoms with Crippen LogP contribution in [0.5, 0.6) is 0 Å². The van der Waals surface area contributed by atoms with Crippen LogP contribution in [-0.4, -0.2) is 22.3 Å². The maximum Gasteiger partial charge on any atom is 0.104 e. The van der Waals surface area contributed by atoms with Crippen molar-refractivity contribution in [3.8, 4) is 6.07 Å². The number of hydrogen-bond donors (Lipinski definition) is 1. The van der Waals surface area contributed by atoms with Crippen molar-refractivity contribution in [1.29, 1.82) is 5.26 Å². The van der Waals surface area contributed by atoms with Gasteiger partial charge in [0, 0.05) is 22.5 Å². The zero-order valence-corrected chi connectivity index (χ0v) is 12.7. The summed E-state index contributed by atoms with van der Waals surface area (Å²) in [7, 11) is 0. The molecule has 1 N–H and O–H groups in total. The van der Waals surface area contributed by atoms with Crippen molar-refractivity contribution in [3.63, 3.8) is 0 Å². The highest BCUT2D eigenvalue weighted by Crippen LogP contribution is 2.26. The first kappa shape index (κ1) is 13.9. The molecule has 0 aliphatic heterocycles. The van der Waals surface area contributed by atoms with Gasteiger partial charge in [0.05, 0.1) is 11.1 Å². The summed E-state index contributed by atoms with van der Waals surface area (Å²) in [6.07, 6.45) is 5.05. The average Bonchev–Trinajstić information content (AvgIpc) is 3.15. The number of pyridine rings is 1. The van der Waals surface area contributed by atoms with Crippen LogP contribution < -0.4 is 5.32 Å². The summed E-state index contributed by atoms with van der Waals surface area (Å²) >= 11 is 5.06. The molecule has 2 rings (SSSR count). The van der Waals surface area contributed by atoms with E-state index < -0.39 is 5.54 Å². The van der Waals surface area contributed by atoms with Gasteiger partial charge in [-0.2, -0.15) is 5.26 Å². The SMILES string of the molecule is CC(C#N)(CCSc1ccc(Br)cn1)NC1CC1. The molecule has 5 heteroatoms. The van der Waals surface area contributed by atoms with Crippen LogP contribution in [0, 0.1) is 11.3 Å². The highest BCUT2D eigenvalue weighted by atomic mass is 79.9. The fourth-order valence-electron chi connectivity index (χ4n) is 1.65. The van der Waals surface area contributed by atoms with Gasteiger partial charge in [0.1, 0.15) is 5.54 Å². The van der Waals surface area contributed by atoms with E-state index in [1.165, 1.54) is 12.8 Å². The number of aromatic nitrogens is 1. The zero-order chi connectivity index (χ0) is 13.0. The molecule has 1 heterocycles. The first-order valence-electron chi connectivity index (χ1n) is 6.05. The van der Waals surface area contributed by atoms with Gasteiger partial charge in [-0.3, -0.25) is 5.32 Å². The molecule has 0 aromatic carbocycles. The van der Waals surface area contributed by atoms with Crippen LogP contribution in [0.4, 0.5) is 0 Å². The Kier molecular flexibility index (Phi) is 4.66. The second-order valence-corrected chi connectivity index (χ2v) is 6.81. The molecular formula is C13H16BrN3S. The van der Waals surface area contributed by atoms with Crippen molar-refractivity contribution in [2.24, 2.45) is 0 Å². The van der Waals surface area contributed by atoms with Crippen LogP contribution >= 0.6 is 27.7 Å². The Morgan fingerprint density at radius 3 is 2.94 bits per heavy atom. The lowest BCUT2D eigenvalue weighted by Gasteiger charge is -2.22. The lowest BCUT2D eigenvalue weighted by atomic mass is 10.0. The summed E-state index contributed by atoms with van der Waals surface area (Å²) in [6, 6.07) is 6.93. The third-order valence-electron chi connectivity index (χ3n) is 2.90. The first-order valence-corrected chi connectivity index (χ1v) is 7.82. The van der Waals surface area contributed by atoms with E-state index in [2.05, 4.69) is 32.3 Å². The summed E-state index contributed by atoms with van der Waals surface area (Å²) < 4.78 is 0.990. The molecule has 0 spiro atoms. The molecule has 1 aliphatic rings. The monoisotopic (exact) mass is 325 g/mol. The van der Waals surface area contributed by atoms with Crippen molar-refractivity contribution in [2.75, 3.05) is 5.75 Å². The molecule has 18 heavy (non-hydrogen) atoms. The first-order chi connectivity index (χ1) is 8.61. The third-order valence-corrected chi connectivity index (χ3v) is 4.31. The van der Waals surface area contributed by atoms with E-state index in [4.69, 9.17) is 0 Å². The topological polar surface area (TPSA) is 48.7 Å². The molecule has 0 amide bonds. The van der Waals surface area contributed by atoms with Crippen molar-refractivity contribution in [3.05, 3.63) is 22.8 Å². The van der Waals surface area contributed by atoms with E-state index in [-0.39, 0.29) is 0 Å². The molecular weight excluding hydrogens is 310 g/mol. The predicted molar refractivity (Wildman–Crippen MR) is 77.5 cm³/mol. The third kappa shape index (κ3) is 4.27. The highest BCUT2D eigenvalue weighted by molar-refractivity contribution is 9.10. The number of hydrogen-bond acceptors (Lipinski definition) is 4. The van der Waals surface area contributed by atoms with E-state index >= 15 is 0 Å². The largest absolute Gasteiger partial charge is 0.297 e. The maximum absolute atomic E-state index is 9.25. The summed E-state index contributed by atoms with van der Waals surface area (Å²) in [4.78, 5) is 4.31. The lowest BCUT2D eigenvalue weighted by Crippen LogP contribution is -2.42. The number of nitrogens with zero attached hydrogens (tertiary/aromatic N) is 2. The van der Waals surface area contributed by atoms with Gasteiger partial charge in [-0.15, -0.1) is 11.8 Å². The van der Waals surface area contributed by atoms with Crippen LogP contribution in [0.25, 0.3) is 0 Å². The van der Waals surface area contributed by atoms with E-state index in [1.807, 2.05) is 19.1 Å². The van der Waals surface area contributed by atoms with Gasteiger partial charge < -0.3 is 0 Å². The predicted octanol–water partition coefficient (Wildman–Crippen LogP) is 3.36. The molecule has 0 saturated heterocycles. The highest BCUT2D eigenvalue weighted by Gasteiger charge is 2.32. The molecule has 0 bridgehead atoms. The molecule has 1 unspecified atom stereocenters. The Labute approximate surface area is 120 Å². The molecule has 1 aromatic rings. The molecule has 1 aromatic heterocycles. The lowest BCUT2D eigenvalue weighted by molar-refractivity contribution is 0.433. The fourth-order valence-corrected chi connectivity index (χ4v) is 2.89. The number of nitrogens with one attached hydrogen (secondary N) is 1. The fraction of sp³-hybridized carbons (Fsp3) is 0.538. The van der Waals surface area contributed by atoms with Gasteiger partial charge in [-0.1, -0.05) is 0 Å². The molecule has 96 valence electrons. The second kappa shape index (κ2) is 6.05. The van der Waals surface area contributed by atoms with Gasteiger partial charge >= 0.3 is 0 Å². The Bertz CT molecular complexity index is 439. The summed E-state index contributed by atoms with van der Waals surface area (Å²) in [5.74, 6) is 0.901. The van der Waals surface area contributed by atoms with Gasteiger partial charge in [0.15, 0.2) is 0 Å². The summed E-state index contributed by atoms with van der Waals surface area (Å²) in [5, 5.41) is 13.7. The van der Waals surface area contributed by atoms with Crippen LogP contribution in [0.1, 0.15) is 26.2 Å². The van der Waals surface area contributed by atoms with Crippen molar-refractivity contribution < 1.29 is 0 Å². The molecule has 0 radical (unpaired) electrons. The van der Waals surface area contributed by atoms with E-state index in [1.54, 1.807) is 18.0 Å². The minimum absolute atomic E-state index is 0.399. The molecule has 1 aliphatic carbocycles. The molecule has 3 nitrogen and oxygen atoms in total. The smallest absolute Gasteiger partial charge is 0.104 e. The minimum atomic E-state index is -0.399. The van der Waals surface area contributed by atoms with Crippen molar-refractivity contribution >= 4 is 27.7 Å². The van der Waals surface area contributed by atoms with Gasteiger partial charge in [-0.05, 0) is 54.2 Å². The number of halogens is 1. The van der Waals surface area contributed by atoms with Gasteiger partial charge in [0.2, 0.25) is 0 Å². The van der Waals surface area contributed by atoms with Crippen LogP contribution in [-0.2, 0) is 0 Å². The van der Waals surface area contributed by atoms with Gasteiger partial charge in [0.25, 0.3) is 0 Å². The van der Waals surface area contributed by atoms with E-state index in [9.17, 15) is 5.26 Å². The van der Waals surface area contributed by atoms with E-state index in [0.717, 1.165) is 21.7 Å². The molecule has 1 saturated carbocycles. The Morgan fingerprint density at radius 2 is 2.39 bits per heavy atom. The van der Waals surface area contributed by atoms with Gasteiger partial charge in [-0.25, -0.2) is 4.98 Å². The Balaban J connectivity index is 1.79. The van der Waals surface area contributed by atoms with Crippen LogP contribution in [0.2, 0.25) is 0 Å². The number of thioether (sulfide) groups is 1. The Morgan fingerprint density at radius 1 is 1.61 bits per heavy atom. The van der Waals surface area contributed by atoms with E-state index in [0.29, 0.717) is 6.04 Å². The van der Waals surface area contributed by atoms with Crippen LogP contribution in [0.3, 0.4) is 0 Å². The standard InChI is InChI=1S/C13H16BrN3S/c1-13(9-15,17-11-3-4-11)6-7-18-12-5-2-10(14)8-16-12/h2,5,8,11,17H,3-4,6-7H2,1H3. The number of nitriles is 1. The maximum atomic E-state index is 9.25. The Hall–Kier alpha value is -0.570. The quantitative estimate of drug-likeness (QED) is 0.815. The average molecular weight is 326 g/mol. The molecule has 1 fully saturated rings.